The molecule has 0 spiro atoms. The third-order valence-corrected chi connectivity index (χ3v) is 3.38. The average Bonchev–Trinajstić information content (AvgIpc) is 2.37. The Morgan fingerprint density at radius 1 is 1.47 bits per heavy atom. The number of anilines is 1. The van der Waals surface area contributed by atoms with Crippen molar-refractivity contribution in [2.24, 2.45) is 0 Å². The largest absolute Gasteiger partial charge is 0.367 e. The lowest BCUT2D eigenvalue weighted by atomic mass is 10.3. The molecule has 15 heavy (non-hydrogen) atoms. The number of nitrogens with one attached hydrogen (secondary N) is 1. The Kier molecular flexibility index (Phi) is 2.93. The number of hydrogen-bond acceptors (Lipinski definition) is 3. The first kappa shape index (κ1) is 10.4. The molecule has 2 rings (SSSR count). The number of para-hydroxylation sites is 1. The fourth-order valence-electron chi connectivity index (χ4n) is 1.35. The van der Waals surface area contributed by atoms with Gasteiger partial charge in [-0.3, -0.25) is 4.79 Å². The molecule has 5 heteroatoms. The number of carbonyl (C=O) groups excluding carboxylic acids is 1. The van der Waals surface area contributed by atoms with E-state index in [0.29, 0.717) is 5.69 Å². The van der Waals surface area contributed by atoms with Crippen molar-refractivity contribution in [3.8, 4) is 0 Å². The Hall–Kier alpha value is -1.07. The molecule has 0 unspecified atom stereocenters. The van der Waals surface area contributed by atoms with E-state index >= 15 is 0 Å². The van der Waals surface area contributed by atoms with Crippen molar-refractivity contribution in [3.05, 3.63) is 24.3 Å². The van der Waals surface area contributed by atoms with E-state index in [0.717, 1.165) is 4.90 Å². The highest BCUT2D eigenvalue weighted by Gasteiger charge is 2.33. The zero-order chi connectivity index (χ0) is 10.8. The van der Waals surface area contributed by atoms with E-state index in [-0.39, 0.29) is 0 Å². The predicted molar refractivity (Wildman–Crippen MR) is 56.6 cm³/mol. The van der Waals surface area contributed by atoms with Crippen molar-refractivity contribution < 1.29 is 13.9 Å². The van der Waals surface area contributed by atoms with Gasteiger partial charge in [0.2, 0.25) is 6.17 Å². The van der Waals surface area contributed by atoms with Gasteiger partial charge in [-0.15, -0.1) is 0 Å². The van der Waals surface area contributed by atoms with Crippen LogP contribution >= 0.6 is 11.8 Å². The Bertz CT molecular complexity index is 385. The van der Waals surface area contributed by atoms with Crippen LogP contribution in [-0.2, 0) is 9.53 Å². The molecule has 1 amide bonds. The first-order chi connectivity index (χ1) is 7.22. The molecule has 1 aliphatic heterocycles. The highest BCUT2D eigenvalue weighted by Crippen LogP contribution is 2.36. The van der Waals surface area contributed by atoms with Crippen LogP contribution in [0.2, 0.25) is 0 Å². The van der Waals surface area contributed by atoms with Crippen LogP contribution in [0.1, 0.15) is 0 Å². The third-order valence-electron chi connectivity index (χ3n) is 2.11. The van der Waals surface area contributed by atoms with Crippen LogP contribution in [0.5, 0.6) is 0 Å². The quantitative estimate of drug-likeness (QED) is 0.798. The van der Waals surface area contributed by atoms with Crippen molar-refractivity contribution in [2.45, 2.75) is 16.5 Å². The number of hydrogen-bond donors (Lipinski definition) is 1. The fraction of sp³-hybridized carbons (Fsp3) is 0.300. The molecule has 1 N–H and O–H groups in total. The molecule has 0 radical (unpaired) electrons. The summed E-state index contributed by atoms with van der Waals surface area (Å²) in [4.78, 5) is 12.2. The monoisotopic (exact) mass is 227 g/mol. The molecule has 0 fully saturated rings. The van der Waals surface area contributed by atoms with Crippen molar-refractivity contribution in [1.82, 2.24) is 0 Å². The second-order valence-electron chi connectivity index (χ2n) is 3.11. The number of fused-ring (bicyclic) bond motifs is 1. The zero-order valence-electron chi connectivity index (χ0n) is 8.07. The summed E-state index contributed by atoms with van der Waals surface area (Å²) in [6.07, 6.45) is -1.65. The predicted octanol–water partition coefficient (Wildman–Crippen LogP) is 2.04. The van der Waals surface area contributed by atoms with E-state index < -0.39 is 17.5 Å². The van der Waals surface area contributed by atoms with Crippen molar-refractivity contribution in [2.75, 3.05) is 12.4 Å². The van der Waals surface area contributed by atoms with Crippen LogP contribution in [0.15, 0.2) is 29.2 Å². The van der Waals surface area contributed by atoms with Gasteiger partial charge in [-0.05, 0) is 12.1 Å². The maximum atomic E-state index is 13.5. The number of benzene rings is 1. The summed E-state index contributed by atoms with van der Waals surface area (Å²) in [5, 5.41) is 2.52. The zero-order valence-corrected chi connectivity index (χ0v) is 8.88. The van der Waals surface area contributed by atoms with Crippen molar-refractivity contribution >= 4 is 23.4 Å². The SMILES string of the molecule is CO[C@@H]1Sc2ccccc2NC(=O)[C@H]1F. The second kappa shape index (κ2) is 4.20. The number of thioether (sulfide) groups is 1. The van der Waals surface area contributed by atoms with Gasteiger partial charge in [0.25, 0.3) is 5.91 Å². The molecule has 80 valence electrons. The molecule has 2 atom stereocenters. The number of methoxy groups -OCH3 is 1. The molecule has 1 aromatic carbocycles. The van der Waals surface area contributed by atoms with Gasteiger partial charge >= 0.3 is 0 Å². The average molecular weight is 227 g/mol. The lowest BCUT2D eigenvalue weighted by Gasteiger charge is -2.13. The number of halogens is 1. The second-order valence-corrected chi connectivity index (χ2v) is 4.25. The van der Waals surface area contributed by atoms with E-state index in [1.165, 1.54) is 18.9 Å². The molecule has 0 saturated heterocycles. The molecule has 0 bridgehead atoms. The topological polar surface area (TPSA) is 38.3 Å². The maximum Gasteiger partial charge on any atom is 0.262 e. The summed E-state index contributed by atoms with van der Waals surface area (Å²) in [7, 11) is 1.39. The van der Waals surface area contributed by atoms with Crippen LogP contribution in [-0.4, -0.2) is 24.6 Å². The Balaban J connectivity index is 2.37. The minimum absolute atomic E-state index is 0.634. The molecular weight excluding hydrogens is 217 g/mol. The smallest absolute Gasteiger partial charge is 0.262 e. The maximum absolute atomic E-state index is 13.5. The Morgan fingerprint density at radius 2 is 2.20 bits per heavy atom. The lowest BCUT2D eigenvalue weighted by Crippen LogP contribution is -2.32. The molecule has 0 aromatic heterocycles. The Labute approximate surface area is 91.0 Å². The van der Waals surface area contributed by atoms with Crippen molar-refractivity contribution in [1.29, 1.82) is 0 Å². The van der Waals surface area contributed by atoms with Gasteiger partial charge < -0.3 is 10.1 Å². The standard InChI is InChI=1S/C10H10FNO2S/c1-14-10-8(11)9(13)12-6-4-2-3-5-7(6)15-10/h2-5,8,10H,1H3,(H,12,13)/t8-,10-/m1/s1. The third kappa shape index (κ3) is 1.98. The minimum atomic E-state index is -1.65. The van der Waals surface area contributed by atoms with Crippen molar-refractivity contribution in [3.63, 3.8) is 0 Å². The Morgan fingerprint density at radius 3 is 2.93 bits per heavy atom. The normalized spacial score (nSPS) is 25.3. The number of rotatable bonds is 1. The van der Waals surface area contributed by atoms with Crippen LogP contribution in [0.4, 0.5) is 10.1 Å². The highest BCUT2D eigenvalue weighted by atomic mass is 32.2. The lowest BCUT2D eigenvalue weighted by molar-refractivity contribution is -0.123. The molecule has 1 heterocycles. The number of ether oxygens (including phenoxy) is 1. The summed E-state index contributed by atoms with van der Waals surface area (Å²) < 4.78 is 18.4. The summed E-state index contributed by atoms with van der Waals surface area (Å²) in [6, 6.07) is 7.19. The minimum Gasteiger partial charge on any atom is -0.367 e. The van der Waals surface area contributed by atoms with E-state index in [1.807, 2.05) is 12.1 Å². The molecule has 3 nitrogen and oxygen atoms in total. The number of amides is 1. The molecular formula is C10H10FNO2S. The van der Waals surface area contributed by atoms with E-state index in [4.69, 9.17) is 4.74 Å². The molecule has 0 aliphatic carbocycles. The number of alkyl halides is 1. The summed E-state index contributed by atoms with van der Waals surface area (Å²) in [6.45, 7) is 0. The van der Waals surface area contributed by atoms with E-state index in [2.05, 4.69) is 5.32 Å². The van der Waals surface area contributed by atoms with E-state index in [9.17, 15) is 9.18 Å². The molecule has 1 aromatic rings. The van der Waals surface area contributed by atoms with Gasteiger partial charge in [-0.2, -0.15) is 0 Å². The van der Waals surface area contributed by atoms with Crippen LogP contribution in [0.25, 0.3) is 0 Å². The van der Waals surface area contributed by atoms with Gasteiger partial charge in [0.15, 0.2) is 0 Å². The van der Waals surface area contributed by atoms with Gasteiger partial charge in [0, 0.05) is 12.0 Å². The number of carbonyl (C=O) groups is 1. The van der Waals surface area contributed by atoms with Gasteiger partial charge in [0.1, 0.15) is 5.44 Å². The van der Waals surface area contributed by atoms with Gasteiger partial charge in [-0.1, -0.05) is 23.9 Å². The molecule has 1 aliphatic rings. The first-order valence-corrected chi connectivity index (χ1v) is 5.34. The van der Waals surface area contributed by atoms with E-state index in [1.54, 1.807) is 12.1 Å². The van der Waals surface area contributed by atoms with Crippen LogP contribution in [0, 0.1) is 0 Å². The van der Waals surface area contributed by atoms with Crippen LogP contribution < -0.4 is 5.32 Å². The molecule has 0 saturated carbocycles. The van der Waals surface area contributed by atoms with Gasteiger partial charge in [-0.25, -0.2) is 4.39 Å². The van der Waals surface area contributed by atoms with Gasteiger partial charge in [0.05, 0.1) is 5.69 Å². The summed E-state index contributed by atoms with van der Waals surface area (Å²) in [5.74, 6) is -0.653. The van der Waals surface area contributed by atoms with Crippen LogP contribution in [0.3, 0.4) is 0 Å². The fourth-order valence-corrected chi connectivity index (χ4v) is 2.34. The summed E-state index contributed by atoms with van der Waals surface area (Å²) >= 11 is 1.21. The highest BCUT2D eigenvalue weighted by molar-refractivity contribution is 8.00. The summed E-state index contributed by atoms with van der Waals surface area (Å²) in [5.41, 5.74) is -0.150. The first-order valence-electron chi connectivity index (χ1n) is 4.46.